The lowest BCUT2D eigenvalue weighted by molar-refractivity contribution is -0.115. The highest BCUT2D eigenvalue weighted by Gasteiger charge is 2.26. The largest absolute Gasteiger partial charge is 0.365 e. The van der Waals surface area contributed by atoms with E-state index in [1.807, 2.05) is 0 Å². The maximum Gasteiger partial charge on any atom is 0.251 e. The van der Waals surface area contributed by atoms with Crippen LogP contribution in [0.1, 0.15) is 32.8 Å². The molecule has 0 saturated heterocycles. The molecule has 0 saturated carbocycles. The van der Waals surface area contributed by atoms with Crippen molar-refractivity contribution >= 4 is 28.2 Å². The number of halogens is 1. The Morgan fingerprint density at radius 1 is 1.27 bits per heavy atom. The number of amides is 2. The Morgan fingerprint density at radius 2 is 2.05 bits per heavy atom. The Labute approximate surface area is 131 Å². The number of nitrogens with two attached hydrogens (primary N) is 1. The third-order valence-corrected chi connectivity index (χ3v) is 4.94. The number of rotatable bonds is 4. The molecule has 22 heavy (non-hydrogen) atoms. The molecule has 6 heteroatoms. The average molecular weight is 318 g/mol. The number of thiophene rings is 1. The van der Waals surface area contributed by atoms with Gasteiger partial charge >= 0.3 is 0 Å². The highest BCUT2D eigenvalue weighted by molar-refractivity contribution is 7.17. The van der Waals surface area contributed by atoms with E-state index in [-0.39, 0.29) is 12.3 Å². The van der Waals surface area contributed by atoms with Gasteiger partial charge in [-0.05, 0) is 36.5 Å². The van der Waals surface area contributed by atoms with Crippen LogP contribution in [-0.4, -0.2) is 11.8 Å². The van der Waals surface area contributed by atoms with Gasteiger partial charge in [0.15, 0.2) is 0 Å². The number of hydrogen-bond donors (Lipinski definition) is 2. The van der Waals surface area contributed by atoms with Gasteiger partial charge in [0.05, 0.1) is 12.0 Å². The van der Waals surface area contributed by atoms with E-state index >= 15 is 0 Å². The molecule has 0 aliphatic heterocycles. The second-order valence-electron chi connectivity index (χ2n) is 5.24. The summed E-state index contributed by atoms with van der Waals surface area (Å²) in [4.78, 5) is 24.9. The quantitative estimate of drug-likeness (QED) is 0.909. The molecule has 1 heterocycles. The van der Waals surface area contributed by atoms with Crippen LogP contribution in [0.4, 0.5) is 9.39 Å². The van der Waals surface area contributed by atoms with Gasteiger partial charge in [-0.25, -0.2) is 4.39 Å². The number of primary amides is 1. The molecule has 0 fully saturated rings. The molecular formula is C16H15FN2O2S. The molecule has 2 amide bonds. The van der Waals surface area contributed by atoms with Crippen LogP contribution in [0.15, 0.2) is 24.3 Å². The summed E-state index contributed by atoms with van der Waals surface area (Å²) < 4.78 is 13.6. The Bertz CT molecular complexity index is 755. The number of carbonyl (C=O) groups is 2. The first kappa shape index (κ1) is 14.7. The van der Waals surface area contributed by atoms with Gasteiger partial charge in [0.1, 0.15) is 10.8 Å². The lowest BCUT2D eigenvalue weighted by Crippen LogP contribution is -2.19. The smallest absolute Gasteiger partial charge is 0.251 e. The first-order valence-electron chi connectivity index (χ1n) is 7.04. The van der Waals surface area contributed by atoms with E-state index in [0.717, 1.165) is 29.7 Å². The molecule has 114 valence electrons. The van der Waals surface area contributed by atoms with Crippen LogP contribution >= 0.6 is 11.3 Å². The minimum absolute atomic E-state index is 0.0760. The molecule has 4 nitrogen and oxygen atoms in total. The molecule has 0 bridgehead atoms. The molecule has 3 rings (SSSR count). The number of aryl methyl sites for hydroxylation is 1. The fourth-order valence-electron chi connectivity index (χ4n) is 2.74. The van der Waals surface area contributed by atoms with Gasteiger partial charge in [-0.2, -0.15) is 0 Å². The predicted octanol–water partition coefficient (Wildman–Crippen LogP) is 2.66. The second-order valence-corrected chi connectivity index (χ2v) is 6.35. The molecule has 1 aliphatic carbocycles. The van der Waals surface area contributed by atoms with E-state index < -0.39 is 11.7 Å². The SMILES string of the molecule is NC(=O)c1c(NC(=O)Cc2ccccc2F)sc2c1CCC2. The number of carbonyl (C=O) groups excluding carboxylic acids is 2. The summed E-state index contributed by atoms with van der Waals surface area (Å²) in [6.45, 7) is 0. The van der Waals surface area contributed by atoms with Crippen LogP contribution in [0.25, 0.3) is 0 Å². The molecule has 0 unspecified atom stereocenters. The number of nitrogens with one attached hydrogen (secondary N) is 1. The minimum atomic E-state index is -0.527. The lowest BCUT2D eigenvalue weighted by Gasteiger charge is -2.06. The minimum Gasteiger partial charge on any atom is -0.365 e. The van der Waals surface area contributed by atoms with Crippen molar-refractivity contribution in [3.63, 3.8) is 0 Å². The van der Waals surface area contributed by atoms with Crippen molar-refractivity contribution in [3.05, 3.63) is 51.7 Å². The van der Waals surface area contributed by atoms with Crippen molar-refractivity contribution in [3.8, 4) is 0 Å². The van der Waals surface area contributed by atoms with Gasteiger partial charge in [0.25, 0.3) is 5.91 Å². The van der Waals surface area contributed by atoms with E-state index in [9.17, 15) is 14.0 Å². The van der Waals surface area contributed by atoms with Crippen molar-refractivity contribution in [1.82, 2.24) is 0 Å². The monoisotopic (exact) mass is 318 g/mol. The molecule has 1 aromatic heterocycles. The molecule has 0 spiro atoms. The predicted molar refractivity (Wildman–Crippen MR) is 83.6 cm³/mol. The fraction of sp³-hybridized carbons (Fsp3) is 0.250. The van der Waals surface area contributed by atoms with E-state index in [1.54, 1.807) is 18.2 Å². The van der Waals surface area contributed by atoms with Crippen molar-refractivity contribution in [1.29, 1.82) is 0 Å². The van der Waals surface area contributed by atoms with E-state index in [4.69, 9.17) is 5.73 Å². The highest BCUT2D eigenvalue weighted by atomic mass is 32.1. The molecule has 3 N–H and O–H groups in total. The molecule has 1 aliphatic rings. The summed E-state index contributed by atoms with van der Waals surface area (Å²) in [7, 11) is 0. The standard InChI is InChI=1S/C16H15FN2O2S/c17-11-6-2-1-4-9(11)8-13(20)19-16-14(15(18)21)10-5-3-7-12(10)22-16/h1-2,4,6H,3,5,7-8H2,(H2,18,21)(H,19,20). The molecular weight excluding hydrogens is 303 g/mol. The summed E-state index contributed by atoms with van der Waals surface area (Å²) >= 11 is 1.39. The number of fused-ring (bicyclic) bond motifs is 1. The highest BCUT2D eigenvalue weighted by Crippen LogP contribution is 2.38. The van der Waals surface area contributed by atoms with Gasteiger partial charge in [0.2, 0.25) is 5.91 Å². The Hall–Kier alpha value is -2.21. The van der Waals surface area contributed by atoms with Gasteiger partial charge in [0, 0.05) is 4.88 Å². The van der Waals surface area contributed by atoms with Crippen molar-refractivity contribution in [2.45, 2.75) is 25.7 Å². The summed E-state index contributed by atoms with van der Waals surface area (Å²) in [5.74, 6) is -1.30. The first-order chi connectivity index (χ1) is 10.6. The van der Waals surface area contributed by atoms with Gasteiger partial charge < -0.3 is 11.1 Å². The Balaban J connectivity index is 1.80. The van der Waals surface area contributed by atoms with Crippen molar-refractivity contribution in [2.75, 3.05) is 5.32 Å². The maximum absolute atomic E-state index is 13.6. The number of benzene rings is 1. The topological polar surface area (TPSA) is 72.2 Å². The number of anilines is 1. The third-order valence-electron chi connectivity index (χ3n) is 3.73. The van der Waals surface area contributed by atoms with E-state index in [1.165, 1.54) is 17.4 Å². The molecule has 1 aromatic carbocycles. The second kappa shape index (κ2) is 5.88. The zero-order valence-electron chi connectivity index (χ0n) is 11.8. The molecule has 0 radical (unpaired) electrons. The lowest BCUT2D eigenvalue weighted by atomic mass is 10.1. The third kappa shape index (κ3) is 2.74. The fourth-order valence-corrected chi connectivity index (χ4v) is 4.05. The summed E-state index contributed by atoms with van der Waals surface area (Å²) in [5, 5.41) is 3.19. The zero-order valence-corrected chi connectivity index (χ0v) is 12.6. The van der Waals surface area contributed by atoms with E-state index in [0.29, 0.717) is 16.1 Å². The number of hydrogen-bond acceptors (Lipinski definition) is 3. The van der Waals surface area contributed by atoms with Crippen LogP contribution in [0.3, 0.4) is 0 Å². The zero-order chi connectivity index (χ0) is 15.7. The molecule has 0 atom stereocenters. The van der Waals surface area contributed by atoms with Crippen LogP contribution in [0, 0.1) is 5.82 Å². The first-order valence-corrected chi connectivity index (χ1v) is 7.85. The van der Waals surface area contributed by atoms with Crippen LogP contribution in [0.2, 0.25) is 0 Å². The van der Waals surface area contributed by atoms with Gasteiger partial charge in [-0.3, -0.25) is 9.59 Å². The maximum atomic E-state index is 13.6. The van der Waals surface area contributed by atoms with Gasteiger partial charge in [-0.15, -0.1) is 11.3 Å². The summed E-state index contributed by atoms with van der Waals surface area (Å²) in [6.07, 6.45) is 2.65. The normalized spacial score (nSPS) is 13.0. The van der Waals surface area contributed by atoms with Crippen molar-refractivity contribution in [2.24, 2.45) is 5.73 Å². The van der Waals surface area contributed by atoms with E-state index in [2.05, 4.69) is 5.32 Å². The van der Waals surface area contributed by atoms with Crippen LogP contribution in [-0.2, 0) is 24.1 Å². The average Bonchev–Trinajstić information content (AvgIpc) is 3.01. The Morgan fingerprint density at radius 3 is 2.77 bits per heavy atom. The van der Waals surface area contributed by atoms with Gasteiger partial charge in [-0.1, -0.05) is 18.2 Å². The van der Waals surface area contributed by atoms with Crippen LogP contribution < -0.4 is 11.1 Å². The molecule has 2 aromatic rings. The Kier molecular flexibility index (Phi) is 3.94. The van der Waals surface area contributed by atoms with Crippen LogP contribution in [0.5, 0.6) is 0 Å². The summed E-state index contributed by atoms with van der Waals surface area (Å²) in [5.41, 5.74) is 7.14. The summed E-state index contributed by atoms with van der Waals surface area (Å²) in [6, 6.07) is 6.14. The van der Waals surface area contributed by atoms with Crippen molar-refractivity contribution < 1.29 is 14.0 Å².